The highest BCUT2D eigenvalue weighted by molar-refractivity contribution is 7.97. The van der Waals surface area contributed by atoms with Gasteiger partial charge in [0.25, 0.3) is 17.7 Å². The molecule has 312 valence electrons. The molecule has 6 rings (SSSR count). The number of unbranched alkanes of at least 4 members (excludes halogenated alkanes) is 2. The molecule has 16 nitrogen and oxygen atoms in total. The topological polar surface area (TPSA) is 210 Å². The van der Waals surface area contributed by atoms with Crippen LogP contribution in [-0.4, -0.2) is 90.6 Å². The van der Waals surface area contributed by atoms with E-state index in [2.05, 4.69) is 35.7 Å². The second kappa shape index (κ2) is 17.9. The molecular weight excluding hydrogens is 803 g/mol. The number of carbonyl (C=O) groups is 5. The van der Waals surface area contributed by atoms with E-state index >= 15 is 4.39 Å². The molecule has 0 bridgehead atoms. The highest BCUT2D eigenvalue weighted by Crippen LogP contribution is 2.37. The number of nitrogens with zero attached hydrogens (tertiary/aromatic N) is 5. The highest BCUT2D eigenvalue weighted by Gasteiger charge is 2.45. The van der Waals surface area contributed by atoms with Crippen molar-refractivity contribution in [3.05, 3.63) is 77.5 Å². The number of ether oxygens (including phenoxy) is 1. The van der Waals surface area contributed by atoms with Gasteiger partial charge in [-0.05, 0) is 81.5 Å². The van der Waals surface area contributed by atoms with E-state index in [0.29, 0.717) is 30.6 Å². The molecule has 0 saturated carbocycles. The van der Waals surface area contributed by atoms with E-state index in [1.807, 2.05) is 0 Å². The van der Waals surface area contributed by atoms with Gasteiger partial charge >= 0.3 is 6.18 Å². The van der Waals surface area contributed by atoms with Crippen molar-refractivity contribution < 1.29 is 51.4 Å². The zero-order chi connectivity index (χ0) is 42.5. The SMILES string of the molecule is CC(C)(O)Cn1cc(-c2nc(Nc3ccc(SNCCCCCNC(=O)COc4ccc5c(c4)C(=O)N(C4CCC(=O)NC4=O)C5=O)cc3F)ncc2C(F)(F)F)cn1. The standard InChI is InChI=1S/C38H39F4N9O7S/c1-37(2,57)20-50-18-21(16-45-50)32-26(38(40,41)42)17-44-36(49-32)47-28-9-7-23(15-27(28)39)59-46-13-5-3-4-12-43-31(53)19-58-22-6-8-24-25(14-22)35(56)51(34(24)55)29-10-11-30(52)48-33(29)54/h6-9,14-18,29,46,57H,3-5,10-13,19-20H2,1-2H3,(H,43,53)(H,44,47,49)(H,48,52,54). The number of imide groups is 2. The van der Waals surface area contributed by atoms with Gasteiger partial charge in [0.1, 0.15) is 23.2 Å². The first-order chi connectivity index (χ1) is 28.0. The number of aromatic nitrogens is 4. The Hall–Kier alpha value is -5.93. The number of nitrogens with one attached hydrogen (secondary N) is 4. The second-order valence-electron chi connectivity index (χ2n) is 14.3. The van der Waals surface area contributed by atoms with Crippen LogP contribution in [0.4, 0.5) is 29.2 Å². The number of carbonyl (C=O) groups excluding carboxylic acids is 5. The maximum atomic E-state index is 15.0. The van der Waals surface area contributed by atoms with Crippen molar-refractivity contribution in [3.63, 3.8) is 0 Å². The van der Waals surface area contributed by atoms with E-state index < -0.39 is 64.4 Å². The number of amides is 5. The van der Waals surface area contributed by atoms with Crippen LogP contribution in [0.3, 0.4) is 0 Å². The molecule has 1 saturated heterocycles. The van der Waals surface area contributed by atoms with Crippen molar-refractivity contribution in [2.24, 2.45) is 0 Å². The van der Waals surface area contributed by atoms with E-state index in [1.54, 1.807) is 6.07 Å². The quantitative estimate of drug-likeness (QED) is 0.0434. The molecule has 5 N–H and O–H groups in total. The molecule has 1 unspecified atom stereocenters. The Balaban J connectivity index is 0.894. The largest absolute Gasteiger partial charge is 0.484 e. The van der Waals surface area contributed by atoms with E-state index in [9.17, 15) is 42.3 Å². The zero-order valence-corrected chi connectivity index (χ0v) is 32.5. The van der Waals surface area contributed by atoms with Gasteiger partial charge in [0.2, 0.25) is 17.8 Å². The maximum absolute atomic E-state index is 15.0. The minimum Gasteiger partial charge on any atom is -0.484 e. The van der Waals surface area contributed by atoms with Crippen LogP contribution in [0, 0.1) is 5.82 Å². The van der Waals surface area contributed by atoms with Gasteiger partial charge in [0.05, 0.1) is 40.9 Å². The Labute approximate surface area is 338 Å². The third-order valence-electron chi connectivity index (χ3n) is 8.99. The monoisotopic (exact) mass is 841 g/mol. The summed E-state index contributed by atoms with van der Waals surface area (Å²) in [6, 6.07) is 7.37. The molecule has 2 aliphatic heterocycles. The van der Waals surface area contributed by atoms with Crippen molar-refractivity contribution in [3.8, 4) is 17.0 Å². The Morgan fingerprint density at radius 1 is 1.02 bits per heavy atom. The zero-order valence-electron chi connectivity index (χ0n) is 31.7. The van der Waals surface area contributed by atoms with Crippen molar-refractivity contribution in [1.29, 1.82) is 0 Å². The normalized spacial score (nSPS) is 15.6. The lowest BCUT2D eigenvalue weighted by molar-refractivity contribution is -0.138. The number of benzene rings is 2. The number of aliphatic hydroxyl groups is 1. The molecule has 0 spiro atoms. The molecule has 2 aliphatic rings. The fourth-order valence-corrected chi connectivity index (χ4v) is 6.93. The van der Waals surface area contributed by atoms with E-state index in [0.717, 1.165) is 17.7 Å². The van der Waals surface area contributed by atoms with Crippen molar-refractivity contribution in [2.75, 3.05) is 25.0 Å². The predicted molar refractivity (Wildman–Crippen MR) is 204 cm³/mol. The number of anilines is 2. The Morgan fingerprint density at radius 3 is 2.51 bits per heavy atom. The van der Waals surface area contributed by atoms with Crippen molar-refractivity contribution in [1.82, 2.24) is 40.0 Å². The molecule has 0 aliphatic carbocycles. The van der Waals surface area contributed by atoms with Crippen LogP contribution < -0.4 is 25.4 Å². The highest BCUT2D eigenvalue weighted by atomic mass is 32.2. The number of hydrogen-bond donors (Lipinski definition) is 5. The van der Waals surface area contributed by atoms with E-state index in [-0.39, 0.29) is 60.1 Å². The number of piperidine rings is 1. The minimum absolute atomic E-state index is 0.00474. The van der Waals surface area contributed by atoms with Crippen LogP contribution in [-0.2, 0) is 27.1 Å². The van der Waals surface area contributed by atoms with Crippen LogP contribution in [0.1, 0.15) is 72.2 Å². The third-order valence-corrected chi connectivity index (χ3v) is 9.82. The van der Waals surface area contributed by atoms with Gasteiger partial charge in [-0.1, -0.05) is 6.42 Å². The summed E-state index contributed by atoms with van der Waals surface area (Å²) < 4.78 is 66.4. The average Bonchev–Trinajstić information content (AvgIpc) is 3.72. The van der Waals surface area contributed by atoms with Crippen LogP contribution in [0.25, 0.3) is 11.3 Å². The summed E-state index contributed by atoms with van der Waals surface area (Å²) in [5, 5.41) is 21.6. The van der Waals surface area contributed by atoms with Crippen LogP contribution in [0.5, 0.6) is 5.75 Å². The minimum atomic E-state index is -4.77. The summed E-state index contributed by atoms with van der Waals surface area (Å²) in [4.78, 5) is 71.1. The lowest BCUT2D eigenvalue weighted by atomic mass is 10.0. The van der Waals surface area contributed by atoms with Crippen LogP contribution in [0.15, 0.2) is 59.9 Å². The summed E-state index contributed by atoms with van der Waals surface area (Å²) in [6.45, 7) is 3.71. The smallest absolute Gasteiger partial charge is 0.419 e. The van der Waals surface area contributed by atoms with Crippen LogP contribution in [0.2, 0.25) is 0 Å². The summed E-state index contributed by atoms with van der Waals surface area (Å²) in [7, 11) is 0. The number of halogens is 4. The van der Waals surface area contributed by atoms with Gasteiger partial charge in [0.15, 0.2) is 6.61 Å². The summed E-state index contributed by atoms with van der Waals surface area (Å²) in [5.74, 6) is -3.67. The molecule has 1 fully saturated rings. The van der Waals surface area contributed by atoms with E-state index in [4.69, 9.17) is 4.74 Å². The number of alkyl halides is 3. The summed E-state index contributed by atoms with van der Waals surface area (Å²) in [6.07, 6.45) is 0.560. The lowest BCUT2D eigenvalue weighted by Crippen LogP contribution is -2.54. The number of rotatable bonds is 17. The first kappa shape index (κ1) is 42.7. The number of fused-ring (bicyclic) bond motifs is 1. The lowest BCUT2D eigenvalue weighted by Gasteiger charge is -2.27. The molecule has 4 aromatic rings. The number of hydrogen-bond acceptors (Lipinski definition) is 13. The van der Waals surface area contributed by atoms with Gasteiger partial charge in [0, 0.05) is 42.4 Å². The van der Waals surface area contributed by atoms with Gasteiger partial charge in [-0.2, -0.15) is 18.3 Å². The molecule has 4 heterocycles. The summed E-state index contributed by atoms with van der Waals surface area (Å²) >= 11 is 1.19. The van der Waals surface area contributed by atoms with Gasteiger partial charge in [-0.3, -0.25) is 43.6 Å². The molecule has 0 radical (unpaired) electrons. The first-order valence-electron chi connectivity index (χ1n) is 18.4. The Kier molecular flexibility index (Phi) is 13.0. The average molecular weight is 842 g/mol. The molecule has 1 atom stereocenters. The first-order valence-corrected chi connectivity index (χ1v) is 19.2. The molecule has 5 amide bonds. The molecule has 21 heteroatoms. The fourth-order valence-electron chi connectivity index (χ4n) is 6.22. The molecular formula is C38H39F4N9O7S. The summed E-state index contributed by atoms with van der Waals surface area (Å²) in [5.41, 5.74) is -2.60. The van der Waals surface area contributed by atoms with Gasteiger partial charge < -0.3 is 20.5 Å². The fraction of sp³-hybridized carbons (Fsp3) is 0.368. The van der Waals surface area contributed by atoms with E-state index in [1.165, 1.54) is 73.2 Å². The van der Waals surface area contributed by atoms with Crippen LogP contribution >= 0.6 is 11.9 Å². The maximum Gasteiger partial charge on any atom is 0.419 e. The second-order valence-corrected chi connectivity index (χ2v) is 15.3. The van der Waals surface area contributed by atoms with Crippen molar-refractivity contribution >= 4 is 53.1 Å². The Morgan fingerprint density at radius 2 is 1.78 bits per heavy atom. The van der Waals surface area contributed by atoms with Gasteiger partial charge in [-0.15, -0.1) is 0 Å². The Bertz CT molecular complexity index is 2260. The molecule has 59 heavy (non-hydrogen) atoms. The molecule has 2 aromatic heterocycles. The van der Waals surface area contributed by atoms with Crippen molar-refractivity contribution in [2.45, 2.75) is 75.2 Å². The molecule has 2 aromatic carbocycles. The third kappa shape index (κ3) is 10.8. The van der Waals surface area contributed by atoms with Gasteiger partial charge in [-0.25, -0.2) is 14.4 Å². The predicted octanol–water partition coefficient (Wildman–Crippen LogP) is 4.38.